The molecule has 3 aliphatic rings. The van der Waals surface area contributed by atoms with Crippen molar-refractivity contribution >= 4 is 40.2 Å². The summed E-state index contributed by atoms with van der Waals surface area (Å²) >= 11 is 6.79. The van der Waals surface area contributed by atoms with Crippen LogP contribution in [0.1, 0.15) is 96.1 Å². The Morgan fingerprint density at radius 3 is 2.50 bits per heavy atom. The molecule has 3 aliphatic carbocycles. The Balaban J connectivity index is 1.41. The summed E-state index contributed by atoms with van der Waals surface area (Å²) in [6.07, 6.45) is 10.9. The summed E-state index contributed by atoms with van der Waals surface area (Å²) in [5, 5.41) is 1.73. The molecule has 0 amide bonds. The normalized spacial score (nSPS) is 28.2. The van der Waals surface area contributed by atoms with E-state index in [9.17, 15) is 0 Å². The minimum Gasteiger partial charge on any atom is -0.493 e. The van der Waals surface area contributed by atoms with E-state index in [0.29, 0.717) is 30.0 Å². The number of rotatable bonds is 8. The van der Waals surface area contributed by atoms with Gasteiger partial charge in [0.15, 0.2) is 8.32 Å². The van der Waals surface area contributed by atoms with E-state index in [4.69, 9.17) is 9.16 Å². The van der Waals surface area contributed by atoms with Gasteiger partial charge in [-0.1, -0.05) is 77.5 Å². The number of halogens is 2. The van der Waals surface area contributed by atoms with Crippen molar-refractivity contribution in [2.75, 3.05) is 17.3 Å². The molecule has 0 N–H and O–H groups in total. The third-order valence-electron chi connectivity index (χ3n) is 10.8. The highest BCUT2D eigenvalue weighted by atomic mass is 79.9. The summed E-state index contributed by atoms with van der Waals surface area (Å²) in [6, 6.07) is 6.99. The van der Waals surface area contributed by atoms with E-state index in [1.165, 1.54) is 44.1 Å². The predicted molar refractivity (Wildman–Crippen MR) is 179 cm³/mol. The van der Waals surface area contributed by atoms with Crippen molar-refractivity contribution in [2.24, 2.45) is 23.2 Å². The molecule has 220 valence electrons. The molecule has 0 radical (unpaired) electrons. The van der Waals surface area contributed by atoms with Crippen LogP contribution < -0.4 is 4.74 Å². The molecular formula is C35H50Br2O2Si. The molecule has 1 aromatic carbocycles. The van der Waals surface area contributed by atoms with Crippen molar-refractivity contribution in [3.63, 3.8) is 0 Å². The summed E-state index contributed by atoms with van der Waals surface area (Å²) < 4.78 is 13.5. The van der Waals surface area contributed by atoms with Crippen molar-refractivity contribution in [3.05, 3.63) is 29.3 Å². The molecule has 1 unspecified atom stereocenters. The molecule has 40 heavy (non-hydrogen) atoms. The Bertz CT molecular complexity index is 1130. The van der Waals surface area contributed by atoms with Crippen molar-refractivity contribution in [2.45, 2.75) is 116 Å². The second-order valence-electron chi connectivity index (χ2n) is 14.2. The predicted octanol–water partition coefficient (Wildman–Crippen LogP) is 9.89. The zero-order valence-electron chi connectivity index (χ0n) is 25.7. The van der Waals surface area contributed by atoms with Gasteiger partial charge in [0.1, 0.15) is 5.75 Å². The lowest BCUT2D eigenvalue weighted by Crippen LogP contribution is -2.50. The van der Waals surface area contributed by atoms with Crippen LogP contribution in [0, 0.1) is 46.9 Å². The first kappa shape index (κ1) is 32.2. The molecule has 1 aromatic rings. The fourth-order valence-corrected chi connectivity index (χ4v) is 9.31. The van der Waals surface area contributed by atoms with Gasteiger partial charge in [-0.15, -0.1) is 11.8 Å². The minimum absolute atomic E-state index is 0.269. The van der Waals surface area contributed by atoms with Crippen LogP contribution in [0.15, 0.2) is 18.2 Å². The highest BCUT2D eigenvalue weighted by molar-refractivity contribution is 9.09. The molecule has 6 atom stereocenters. The van der Waals surface area contributed by atoms with Gasteiger partial charge in [-0.3, -0.25) is 0 Å². The van der Waals surface area contributed by atoms with Gasteiger partial charge >= 0.3 is 0 Å². The van der Waals surface area contributed by atoms with Crippen molar-refractivity contribution < 1.29 is 9.16 Å². The fourth-order valence-electron chi connectivity index (χ4n) is 7.46. The Kier molecular flexibility index (Phi) is 11.0. The van der Waals surface area contributed by atoms with E-state index in [-0.39, 0.29) is 5.04 Å². The van der Waals surface area contributed by atoms with Crippen molar-refractivity contribution in [1.82, 2.24) is 0 Å². The van der Waals surface area contributed by atoms with Crippen LogP contribution in [0.3, 0.4) is 0 Å². The number of benzene rings is 1. The summed E-state index contributed by atoms with van der Waals surface area (Å²) in [6.45, 7) is 15.3. The van der Waals surface area contributed by atoms with E-state index >= 15 is 0 Å². The Morgan fingerprint density at radius 2 is 1.77 bits per heavy atom. The molecule has 5 heteroatoms. The van der Waals surface area contributed by atoms with E-state index in [1.54, 1.807) is 5.56 Å². The summed E-state index contributed by atoms with van der Waals surface area (Å²) in [5.41, 5.74) is 3.46. The molecule has 0 bridgehead atoms. The Hall–Kier alpha value is -0.723. The van der Waals surface area contributed by atoms with E-state index < -0.39 is 8.32 Å². The summed E-state index contributed by atoms with van der Waals surface area (Å²) in [4.78, 5) is 0. The van der Waals surface area contributed by atoms with Crippen LogP contribution in [0.5, 0.6) is 5.75 Å². The standard InChI is InChI=1S/C35H50Br2O2Si/c1-34(2,3)40(5,6)39-33-19-18-32-31-16-14-27-24-28(15-17-29(27)30(31)20-21-35(32,33)4)38-25-26(13-9-11-23-37)12-8-7-10-22-36/h15,17,24,26,30-33H,8,12-14,16,18-23,25H2,1-6H3/t26?,30-,31-,32+,33+,35+/m1/s1. The third kappa shape index (κ3) is 7.25. The molecule has 0 heterocycles. The second-order valence-corrected chi connectivity index (χ2v) is 20.0. The van der Waals surface area contributed by atoms with Crippen LogP contribution in [0.4, 0.5) is 0 Å². The second kappa shape index (κ2) is 13.7. The number of hydrogen-bond acceptors (Lipinski definition) is 2. The fraction of sp³-hybridized carbons (Fsp3) is 0.714. The van der Waals surface area contributed by atoms with Crippen LogP contribution in [-0.2, 0) is 10.8 Å². The average Bonchev–Trinajstić information content (AvgIpc) is 3.23. The Morgan fingerprint density at radius 1 is 1.02 bits per heavy atom. The molecule has 2 nitrogen and oxygen atoms in total. The van der Waals surface area contributed by atoms with Gasteiger partial charge in [0.25, 0.3) is 0 Å². The highest BCUT2D eigenvalue weighted by Crippen LogP contribution is 2.62. The topological polar surface area (TPSA) is 18.5 Å². The van der Waals surface area contributed by atoms with Gasteiger partial charge in [0, 0.05) is 18.8 Å². The zero-order chi connectivity index (χ0) is 29.0. The molecule has 0 aliphatic heterocycles. The van der Waals surface area contributed by atoms with Crippen LogP contribution in [0.2, 0.25) is 18.1 Å². The average molecular weight is 691 g/mol. The number of hydrogen-bond donors (Lipinski definition) is 0. The van der Waals surface area contributed by atoms with Gasteiger partial charge < -0.3 is 9.16 Å². The maximum atomic E-state index is 7.12. The number of aryl methyl sites for hydroxylation is 1. The van der Waals surface area contributed by atoms with Crippen LogP contribution in [0.25, 0.3) is 0 Å². The van der Waals surface area contributed by atoms with E-state index in [1.807, 2.05) is 0 Å². The first-order valence-corrected chi connectivity index (χ1v) is 20.6. The zero-order valence-corrected chi connectivity index (χ0v) is 29.8. The van der Waals surface area contributed by atoms with Gasteiger partial charge in [0.05, 0.1) is 23.4 Å². The van der Waals surface area contributed by atoms with E-state index in [0.717, 1.165) is 47.5 Å². The van der Waals surface area contributed by atoms with Gasteiger partial charge in [0.2, 0.25) is 0 Å². The maximum Gasteiger partial charge on any atom is 0.192 e. The SMILES string of the molecule is CC(C)(C)[Si](C)(C)O[C@H]1CC[C@H]2[C@@H]3CCc4cc(OCC(CC#CCBr)CCC#CCBr)ccc4[C@H]3CC[C@]12C. The molecule has 0 aromatic heterocycles. The van der Waals surface area contributed by atoms with Crippen molar-refractivity contribution in [3.8, 4) is 29.4 Å². The number of fused-ring (bicyclic) bond motifs is 5. The molecule has 4 rings (SSSR count). The number of alkyl halides is 2. The Labute approximate surface area is 262 Å². The van der Waals surface area contributed by atoms with Gasteiger partial charge in [-0.05, 0) is 110 Å². The first-order valence-electron chi connectivity index (χ1n) is 15.5. The smallest absolute Gasteiger partial charge is 0.192 e. The van der Waals surface area contributed by atoms with Crippen molar-refractivity contribution in [1.29, 1.82) is 0 Å². The van der Waals surface area contributed by atoms with E-state index in [2.05, 4.69) is 115 Å². The quantitative estimate of drug-likeness (QED) is 0.154. The lowest BCUT2D eigenvalue weighted by atomic mass is 9.55. The lowest BCUT2D eigenvalue weighted by Gasteiger charge is -2.52. The monoisotopic (exact) mass is 688 g/mol. The first-order chi connectivity index (χ1) is 19.0. The summed E-state index contributed by atoms with van der Waals surface area (Å²) in [7, 11) is -1.77. The molecule has 0 saturated heterocycles. The minimum atomic E-state index is -1.77. The van der Waals surface area contributed by atoms with Crippen LogP contribution in [-0.4, -0.2) is 31.7 Å². The lowest BCUT2D eigenvalue weighted by molar-refractivity contribution is -0.0165. The molecule has 2 saturated carbocycles. The molecular weight excluding hydrogens is 640 g/mol. The molecule has 2 fully saturated rings. The van der Waals surface area contributed by atoms with Gasteiger partial charge in [-0.2, -0.15) is 0 Å². The highest BCUT2D eigenvalue weighted by Gasteiger charge is 2.56. The third-order valence-corrected chi connectivity index (χ3v) is 15.8. The van der Waals surface area contributed by atoms with Gasteiger partial charge in [-0.25, -0.2) is 0 Å². The number of ether oxygens (including phenoxy) is 1. The summed E-state index contributed by atoms with van der Waals surface area (Å²) in [5.74, 6) is 16.5. The molecule has 0 spiro atoms. The van der Waals surface area contributed by atoms with Crippen LogP contribution >= 0.6 is 31.9 Å². The largest absolute Gasteiger partial charge is 0.493 e. The maximum absolute atomic E-state index is 7.12.